The van der Waals surface area contributed by atoms with Crippen LogP contribution in [0.1, 0.15) is 0 Å². The SMILES string of the molecule is [O]P([O])(=O)OP([O])(=O)O. The van der Waals surface area contributed by atoms with E-state index in [0.717, 1.165) is 0 Å². The molecule has 0 aromatic rings. The van der Waals surface area contributed by atoms with E-state index in [1.165, 1.54) is 0 Å². The fourth-order valence-corrected chi connectivity index (χ4v) is 1.14. The molecule has 0 heterocycles. The van der Waals surface area contributed by atoms with Crippen molar-refractivity contribution in [2.75, 3.05) is 0 Å². The van der Waals surface area contributed by atoms with E-state index in [1.54, 1.807) is 0 Å². The Morgan fingerprint density at radius 2 is 1.44 bits per heavy atom. The molecule has 0 amide bonds. The monoisotopic (exact) mass is 175 g/mol. The third kappa shape index (κ3) is 8.26. The summed E-state index contributed by atoms with van der Waals surface area (Å²) in [7, 11) is -11.0. The molecule has 0 aliphatic carbocycles. The minimum absolute atomic E-state index is 2.62. The van der Waals surface area contributed by atoms with Crippen LogP contribution in [-0.4, -0.2) is 4.89 Å². The smallest absolute Gasteiger partial charge is 0.301 e. The van der Waals surface area contributed by atoms with Gasteiger partial charge in [0.25, 0.3) is 0 Å². The van der Waals surface area contributed by atoms with Crippen molar-refractivity contribution in [1.82, 2.24) is 0 Å². The van der Waals surface area contributed by atoms with Crippen LogP contribution in [0.4, 0.5) is 0 Å². The van der Waals surface area contributed by atoms with Gasteiger partial charge in [-0.05, 0) is 0 Å². The lowest BCUT2D eigenvalue weighted by Crippen LogP contribution is -1.80. The average molecular weight is 175 g/mol. The van der Waals surface area contributed by atoms with Gasteiger partial charge in [0, 0.05) is 0 Å². The maximum Gasteiger partial charge on any atom is 0.539 e. The maximum atomic E-state index is 9.44. The van der Waals surface area contributed by atoms with Gasteiger partial charge >= 0.3 is 15.6 Å². The predicted molar refractivity (Wildman–Crippen MR) is 20.6 cm³/mol. The standard InChI is InChI=1S/HO7P2/c1-8(2,3)7-9(4,5)6/h(H,1,2). The molecule has 9 heteroatoms. The Kier molecular flexibility index (Phi) is 2.55. The van der Waals surface area contributed by atoms with Gasteiger partial charge in [-0.25, -0.2) is 9.13 Å². The Bertz CT molecular complexity index is 147. The van der Waals surface area contributed by atoms with Crippen molar-refractivity contribution >= 4 is 15.6 Å². The van der Waals surface area contributed by atoms with Gasteiger partial charge in [0.2, 0.25) is 0 Å². The first kappa shape index (κ1) is 9.26. The summed E-state index contributed by atoms with van der Waals surface area (Å²) < 4.78 is 21.4. The van der Waals surface area contributed by atoms with Crippen LogP contribution < -0.4 is 0 Å². The van der Waals surface area contributed by atoms with E-state index >= 15 is 0 Å². The van der Waals surface area contributed by atoms with Crippen LogP contribution in [0.3, 0.4) is 0 Å². The molecule has 0 aliphatic heterocycles. The zero-order chi connectivity index (χ0) is 7.71. The fourth-order valence-electron chi connectivity index (χ4n) is 0.126. The molecule has 7 nitrogen and oxygen atoms in total. The van der Waals surface area contributed by atoms with Crippen molar-refractivity contribution in [1.29, 1.82) is 0 Å². The zero-order valence-electron chi connectivity index (χ0n) is 3.79. The van der Waals surface area contributed by atoms with E-state index in [1.807, 2.05) is 0 Å². The quantitative estimate of drug-likeness (QED) is 0.613. The summed E-state index contributed by atoms with van der Waals surface area (Å²) in [4.78, 5) is 35.7. The lowest BCUT2D eigenvalue weighted by molar-refractivity contribution is 0.167. The highest BCUT2D eigenvalue weighted by atomic mass is 31.3. The fraction of sp³-hybridized carbons (Fsp3) is 0. The molecule has 0 aromatic heterocycles. The molecular weight excluding hydrogens is 174 g/mol. The highest BCUT2D eigenvalue weighted by Gasteiger charge is 2.33. The summed E-state index contributed by atoms with van der Waals surface area (Å²) in [5.41, 5.74) is 0. The van der Waals surface area contributed by atoms with Crippen molar-refractivity contribution in [3.05, 3.63) is 0 Å². The lowest BCUT2D eigenvalue weighted by atomic mass is 15.7. The number of hydrogen-bond acceptors (Lipinski definition) is 3. The van der Waals surface area contributed by atoms with Crippen LogP contribution in [0.2, 0.25) is 0 Å². The molecule has 0 aliphatic rings. The van der Waals surface area contributed by atoms with E-state index in [0.29, 0.717) is 0 Å². The Morgan fingerprint density at radius 1 is 1.11 bits per heavy atom. The normalized spacial score (nSPS) is 13.8. The van der Waals surface area contributed by atoms with Gasteiger partial charge in [-0.15, -0.1) is 14.7 Å². The minimum atomic E-state index is -5.61. The largest absolute Gasteiger partial charge is 0.539 e. The van der Waals surface area contributed by atoms with Crippen LogP contribution in [0.5, 0.6) is 0 Å². The molecule has 9 heavy (non-hydrogen) atoms. The minimum Gasteiger partial charge on any atom is -0.301 e. The molecule has 53 valence electrons. The molecule has 0 rings (SSSR count). The van der Waals surface area contributed by atoms with E-state index < -0.39 is 15.6 Å². The maximum absolute atomic E-state index is 9.44. The van der Waals surface area contributed by atoms with Crippen LogP contribution in [0, 0.1) is 0 Å². The molecule has 0 aromatic carbocycles. The third-order valence-corrected chi connectivity index (χ3v) is 1.83. The average Bonchev–Trinajstić information content (AvgIpc) is 1.14. The van der Waals surface area contributed by atoms with E-state index in [-0.39, 0.29) is 0 Å². The first-order valence-electron chi connectivity index (χ1n) is 1.48. The van der Waals surface area contributed by atoms with E-state index in [2.05, 4.69) is 4.31 Å². The van der Waals surface area contributed by atoms with Gasteiger partial charge in [-0.3, -0.25) is 0 Å². The summed E-state index contributed by atoms with van der Waals surface area (Å²) >= 11 is 0. The van der Waals surface area contributed by atoms with Gasteiger partial charge < -0.3 is 4.89 Å². The Hall–Kier alpha value is 0.260. The van der Waals surface area contributed by atoms with Gasteiger partial charge in [0.1, 0.15) is 0 Å². The molecule has 1 atom stereocenters. The van der Waals surface area contributed by atoms with Gasteiger partial charge in [-0.1, -0.05) is 0 Å². The van der Waals surface area contributed by atoms with Crippen LogP contribution in [-0.2, 0) is 28.1 Å². The third-order valence-electron chi connectivity index (χ3n) is 0.203. The second-order valence-electron chi connectivity index (χ2n) is 0.997. The summed E-state index contributed by atoms with van der Waals surface area (Å²) in [6, 6.07) is 0. The van der Waals surface area contributed by atoms with Crippen LogP contribution in [0.15, 0.2) is 0 Å². The van der Waals surface area contributed by atoms with Crippen LogP contribution >= 0.6 is 15.6 Å². The first-order valence-corrected chi connectivity index (χ1v) is 4.43. The molecule has 3 radical (unpaired) electrons. The molecule has 0 saturated heterocycles. The molecule has 1 unspecified atom stereocenters. The van der Waals surface area contributed by atoms with Crippen molar-refractivity contribution in [3.8, 4) is 0 Å². The summed E-state index contributed by atoms with van der Waals surface area (Å²) in [6.45, 7) is 0. The van der Waals surface area contributed by atoms with E-state index in [9.17, 15) is 23.8 Å². The highest BCUT2D eigenvalue weighted by Crippen LogP contribution is 2.55. The van der Waals surface area contributed by atoms with Gasteiger partial charge in [0.15, 0.2) is 0 Å². The molecular formula is HO7P2. The molecule has 1 N–H and O–H groups in total. The van der Waals surface area contributed by atoms with Crippen molar-refractivity contribution in [2.45, 2.75) is 0 Å². The second kappa shape index (κ2) is 2.48. The summed E-state index contributed by atoms with van der Waals surface area (Å²) in [5, 5.41) is 0. The second-order valence-corrected chi connectivity index (χ2v) is 3.48. The van der Waals surface area contributed by atoms with Gasteiger partial charge in [-0.2, -0.15) is 4.31 Å². The molecule has 0 saturated carbocycles. The van der Waals surface area contributed by atoms with Gasteiger partial charge in [0.05, 0.1) is 0 Å². The Balaban J connectivity index is 4.07. The topological polar surface area (TPSA) is 123 Å². The molecule has 0 fully saturated rings. The summed E-state index contributed by atoms with van der Waals surface area (Å²) in [5.74, 6) is 0. The Labute approximate surface area is 49.8 Å². The van der Waals surface area contributed by atoms with Crippen molar-refractivity contribution in [3.63, 3.8) is 0 Å². The summed E-state index contributed by atoms with van der Waals surface area (Å²) in [6.07, 6.45) is 0. The van der Waals surface area contributed by atoms with Crippen LogP contribution in [0.25, 0.3) is 0 Å². The zero-order valence-corrected chi connectivity index (χ0v) is 5.58. The van der Waals surface area contributed by atoms with Crippen molar-refractivity contribution < 1.29 is 33.0 Å². The van der Waals surface area contributed by atoms with Crippen molar-refractivity contribution in [2.24, 2.45) is 0 Å². The predicted octanol–water partition coefficient (Wildman–Crippen LogP) is 0.503. The Morgan fingerprint density at radius 3 is 1.44 bits per heavy atom. The van der Waals surface area contributed by atoms with E-state index in [4.69, 9.17) is 4.89 Å². The highest BCUT2D eigenvalue weighted by molar-refractivity contribution is 7.59. The molecule has 0 spiro atoms. The first-order chi connectivity index (χ1) is 3.71. The number of hydrogen-bond donors (Lipinski definition) is 1. The molecule has 0 bridgehead atoms. The number of rotatable bonds is 2. The lowest BCUT2D eigenvalue weighted by Gasteiger charge is -1.98.